The molecule has 1 heterocycles. The van der Waals surface area contributed by atoms with Crippen LogP contribution in [-0.4, -0.2) is 20.1 Å². The molecule has 1 aromatic carbocycles. The number of halogens is 1. The third-order valence-corrected chi connectivity index (χ3v) is 4.35. The van der Waals surface area contributed by atoms with E-state index in [-0.39, 0.29) is 0 Å². The third-order valence-electron chi connectivity index (χ3n) is 3.72. The molecule has 1 unspecified atom stereocenters. The van der Waals surface area contributed by atoms with Gasteiger partial charge in [0.15, 0.2) is 0 Å². The number of nitrogens with one attached hydrogen (secondary N) is 1. The van der Waals surface area contributed by atoms with E-state index in [0.717, 1.165) is 12.5 Å². The van der Waals surface area contributed by atoms with E-state index in [1.807, 2.05) is 7.05 Å². The third kappa shape index (κ3) is 3.27. The van der Waals surface area contributed by atoms with Crippen LogP contribution in [0.1, 0.15) is 31.7 Å². The summed E-state index contributed by atoms with van der Waals surface area (Å²) in [5, 5.41) is 3.19. The molecule has 1 aliphatic rings. The maximum Gasteiger partial charge on any atom is 0.0510 e. The molecule has 0 bridgehead atoms. The van der Waals surface area contributed by atoms with Gasteiger partial charge in [0.1, 0.15) is 0 Å². The fourth-order valence-corrected chi connectivity index (χ4v) is 3.49. The molecule has 0 aromatic heterocycles. The Hall–Kier alpha value is -0.540. The average Bonchev–Trinajstić information content (AvgIpc) is 2.78. The van der Waals surface area contributed by atoms with Crippen molar-refractivity contribution in [1.29, 1.82) is 0 Å². The zero-order chi connectivity index (χ0) is 13.0. The van der Waals surface area contributed by atoms with E-state index in [2.05, 4.69) is 51.3 Å². The molecular weight excluding hydrogens is 288 g/mol. The Labute approximate surface area is 119 Å². The predicted molar refractivity (Wildman–Crippen MR) is 82.1 cm³/mol. The lowest BCUT2D eigenvalue weighted by molar-refractivity contribution is 0.530. The van der Waals surface area contributed by atoms with Gasteiger partial charge in [-0.25, -0.2) is 0 Å². The second-order valence-electron chi connectivity index (χ2n) is 5.21. The molecule has 2 rings (SSSR count). The molecule has 0 aliphatic carbocycles. The molecule has 1 atom stereocenters. The van der Waals surface area contributed by atoms with Crippen molar-refractivity contribution in [2.24, 2.45) is 5.92 Å². The van der Waals surface area contributed by atoms with Crippen molar-refractivity contribution < 1.29 is 0 Å². The van der Waals surface area contributed by atoms with Gasteiger partial charge in [0.25, 0.3) is 0 Å². The summed E-state index contributed by atoms with van der Waals surface area (Å²) in [7, 11) is 1.98. The van der Waals surface area contributed by atoms with Crippen molar-refractivity contribution in [3.8, 4) is 0 Å². The van der Waals surface area contributed by atoms with Crippen LogP contribution in [0.4, 0.5) is 5.69 Å². The van der Waals surface area contributed by atoms with E-state index in [4.69, 9.17) is 0 Å². The first kappa shape index (κ1) is 13.9. The molecule has 1 saturated heterocycles. The normalized spacial score (nSPS) is 19.5. The van der Waals surface area contributed by atoms with Crippen LogP contribution in [-0.2, 0) is 6.54 Å². The number of hydrogen-bond donors (Lipinski definition) is 1. The smallest absolute Gasteiger partial charge is 0.0510 e. The Morgan fingerprint density at radius 3 is 2.94 bits per heavy atom. The van der Waals surface area contributed by atoms with Gasteiger partial charge in [-0.15, -0.1) is 0 Å². The first-order chi connectivity index (χ1) is 8.74. The highest BCUT2D eigenvalue weighted by molar-refractivity contribution is 9.10. The Morgan fingerprint density at radius 2 is 2.28 bits per heavy atom. The van der Waals surface area contributed by atoms with Crippen LogP contribution in [0.2, 0.25) is 0 Å². The monoisotopic (exact) mass is 310 g/mol. The van der Waals surface area contributed by atoms with Crippen molar-refractivity contribution in [3.63, 3.8) is 0 Å². The summed E-state index contributed by atoms with van der Waals surface area (Å²) < 4.78 is 1.23. The summed E-state index contributed by atoms with van der Waals surface area (Å²) in [4.78, 5) is 2.52. The highest BCUT2D eigenvalue weighted by Crippen LogP contribution is 2.32. The lowest BCUT2D eigenvalue weighted by Crippen LogP contribution is -2.20. The minimum absolute atomic E-state index is 0.888. The Kier molecular flexibility index (Phi) is 5.07. The molecule has 100 valence electrons. The molecule has 0 spiro atoms. The van der Waals surface area contributed by atoms with Gasteiger partial charge in [0, 0.05) is 24.1 Å². The zero-order valence-corrected chi connectivity index (χ0v) is 13.0. The largest absolute Gasteiger partial charge is 0.370 e. The first-order valence-electron chi connectivity index (χ1n) is 6.92. The van der Waals surface area contributed by atoms with Crippen molar-refractivity contribution in [3.05, 3.63) is 28.2 Å². The molecule has 1 aromatic rings. The van der Waals surface area contributed by atoms with Gasteiger partial charge in [-0.2, -0.15) is 0 Å². The number of benzene rings is 1. The zero-order valence-electron chi connectivity index (χ0n) is 11.4. The van der Waals surface area contributed by atoms with Crippen LogP contribution >= 0.6 is 15.9 Å². The van der Waals surface area contributed by atoms with Crippen molar-refractivity contribution in [2.75, 3.05) is 25.0 Å². The second-order valence-corrected chi connectivity index (χ2v) is 6.06. The summed E-state index contributed by atoms with van der Waals surface area (Å²) in [6.07, 6.45) is 4.02. The fraction of sp³-hybridized carbons (Fsp3) is 0.600. The van der Waals surface area contributed by atoms with E-state index >= 15 is 0 Å². The Balaban J connectivity index is 2.05. The van der Waals surface area contributed by atoms with Gasteiger partial charge in [-0.1, -0.05) is 19.4 Å². The van der Waals surface area contributed by atoms with Crippen molar-refractivity contribution in [1.82, 2.24) is 5.32 Å². The van der Waals surface area contributed by atoms with E-state index < -0.39 is 0 Å². The van der Waals surface area contributed by atoms with E-state index in [0.29, 0.717) is 0 Å². The van der Waals surface area contributed by atoms with Gasteiger partial charge in [0.2, 0.25) is 0 Å². The highest BCUT2D eigenvalue weighted by atomic mass is 79.9. The number of rotatable bonds is 5. The van der Waals surface area contributed by atoms with Crippen LogP contribution in [0, 0.1) is 5.92 Å². The maximum atomic E-state index is 3.72. The Morgan fingerprint density at radius 1 is 1.44 bits per heavy atom. The van der Waals surface area contributed by atoms with Crippen molar-refractivity contribution in [2.45, 2.75) is 32.7 Å². The topological polar surface area (TPSA) is 15.3 Å². The van der Waals surface area contributed by atoms with Crippen LogP contribution in [0.25, 0.3) is 0 Å². The van der Waals surface area contributed by atoms with Gasteiger partial charge < -0.3 is 10.2 Å². The number of nitrogens with zero attached hydrogens (tertiary/aromatic N) is 1. The lowest BCUT2D eigenvalue weighted by atomic mass is 10.0. The van der Waals surface area contributed by atoms with E-state index in [1.54, 1.807) is 0 Å². The standard InChI is InChI=1S/C15H23BrN2/c1-3-4-12-7-8-18(11-12)15-6-5-13(10-17-2)9-14(15)16/h5-6,9,12,17H,3-4,7-8,10-11H2,1-2H3. The summed E-state index contributed by atoms with van der Waals surface area (Å²) >= 11 is 3.72. The average molecular weight is 311 g/mol. The van der Waals surface area contributed by atoms with Crippen LogP contribution in [0.3, 0.4) is 0 Å². The predicted octanol–water partition coefficient (Wildman–Crippen LogP) is 3.79. The van der Waals surface area contributed by atoms with E-state index in [9.17, 15) is 0 Å². The van der Waals surface area contributed by atoms with Gasteiger partial charge in [-0.05, 0) is 59.4 Å². The van der Waals surface area contributed by atoms with E-state index in [1.165, 1.54) is 48.1 Å². The molecule has 0 radical (unpaired) electrons. The van der Waals surface area contributed by atoms with Crippen LogP contribution in [0.15, 0.2) is 22.7 Å². The quantitative estimate of drug-likeness (QED) is 0.890. The van der Waals surface area contributed by atoms with Crippen LogP contribution in [0.5, 0.6) is 0 Å². The second kappa shape index (κ2) is 6.58. The molecule has 1 aliphatic heterocycles. The number of anilines is 1. The molecule has 1 N–H and O–H groups in total. The van der Waals surface area contributed by atoms with Gasteiger partial charge in [0.05, 0.1) is 5.69 Å². The lowest BCUT2D eigenvalue weighted by Gasteiger charge is -2.21. The minimum Gasteiger partial charge on any atom is -0.370 e. The molecular formula is C15H23BrN2. The summed E-state index contributed by atoms with van der Waals surface area (Å²) in [6.45, 7) is 5.63. The molecule has 18 heavy (non-hydrogen) atoms. The SMILES string of the molecule is CCCC1CCN(c2ccc(CNC)cc2Br)C1. The summed E-state index contributed by atoms with van der Waals surface area (Å²) in [5.74, 6) is 0.888. The fourth-order valence-electron chi connectivity index (χ4n) is 2.82. The van der Waals surface area contributed by atoms with Gasteiger partial charge >= 0.3 is 0 Å². The molecule has 3 heteroatoms. The molecule has 1 fully saturated rings. The summed E-state index contributed by atoms with van der Waals surface area (Å²) in [5.41, 5.74) is 2.69. The minimum atomic E-state index is 0.888. The summed E-state index contributed by atoms with van der Waals surface area (Å²) in [6, 6.07) is 6.72. The van der Waals surface area contributed by atoms with Gasteiger partial charge in [-0.3, -0.25) is 0 Å². The molecule has 2 nitrogen and oxygen atoms in total. The number of hydrogen-bond acceptors (Lipinski definition) is 2. The molecule has 0 amide bonds. The molecule has 0 saturated carbocycles. The first-order valence-corrected chi connectivity index (χ1v) is 7.72. The Bertz CT molecular complexity index is 392. The maximum absolute atomic E-state index is 3.72. The van der Waals surface area contributed by atoms with Crippen LogP contribution < -0.4 is 10.2 Å². The highest BCUT2D eigenvalue weighted by Gasteiger charge is 2.23. The van der Waals surface area contributed by atoms with Crippen molar-refractivity contribution >= 4 is 21.6 Å².